The average Bonchev–Trinajstić information content (AvgIpc) is 3.72. The van der Waals surface area contributed by atoms with Gasteiger partial charge in [-0.25, -0.2) is 0 Å². The molecule has 13 aromatic rings. The quantitative estimate of drug-likeness (QED) is 0.150. The molecule has 0 bridgehead atoms. The number of benzene rings is 12. The van der Waals surface area contributed by atoms with Crippen LogP contribution < -0.4 is 9.80 Å². The van der Waals surface area contributed by atoms with E-state index in [4.69, 9.17) is 4.42 Å². The SMILES string of the molecule is Cc1cc(N(c2ccccc2)c2ccc3ccccc3c2)c2ccc3c(C)cc(N(c4cc5ccc6cccc7oc(c4)c5c67)c4ccccc4-c4ccccc4)c4ccc1c2c34. The van der Waals surface area contributed by atoms with Gasteiger partial charge in [-0.3, -0.25) is 0 Å². The van der Waals surface area contributed by atoms with Crippen LogP contribution in [0, 0.1) is 13.8 Å². The molecule has 0 N–H and O–H groups in total. The summed E-state index contributed by atoms with van der Waals surface area (Å²) in [4.78, 5) is 4.92. The summed E-state index contributed by atoms with van der Waals surface area (Å²) < 4.78 is 6.71. The van der Waals surface area contributed by atoms with Crippen LogP contribution in [0.5, 0.6) is 0 Å². The molecule has 0 amide bonds. The van der Waals surface area contributed by atoms with Gasteiger partial charge in [-0.05, 0) is 128 Å². The van der Waals surface area contributed by atoms with Crippen molar-refractivity contribution in [2.24, 2.45) is 0 Å². The molecule has 0 atom stereocenters. The van der Waals surface area contributed by atoms with E-state index < -0.39 is 0 Å². The zero-order valence-electron chi connectivity index (χ0n) is 34.9. The Bertz CT molecular complexity index is 3890. The smallest absolute Gasteiger partial charge is 0.138 e. The molecule has 0 aliphatic carbocycles. The third kappa shape index (κ3) is 5.39. The summed E-state index contributed by atoms with van der Waals surface area (Å²) in [6.45, 7) is 4.54. The highest BCUT2D eigenvalue weighted by Gasteiger charge is 2.26. The Morgan fingerprint density at radius 3 is 1.65 bits per heavy atom. The molecule has 13 rings (SSSR count). The van der Waals surface area contributed by atoms with Gasteiger partial charge in [0.15, 0.2) is 0 Å². The maximum atomic E-state index is 6.71. The molecule has 12 aromatic carbocycles. The van der Waals surface area contributed by atoms with Gasteiger partial charge in [0.25, 0.3) is 0 Å². The maximum absolute atomic E-state index is 6.71. The topological polar surface area (TPSA) is 19.6 Å². The van der Waals surface area contributed by atoms with E-state index in [0.29, 0.717) is 0 Å². The summed E-state index contributed by atoms with van der Waals surface area (Å²) in [5, 5.41) is 14.6. The molecule has 0 radical (unpaired) electrons. The molecule has 0 aliphatic rings. The van der Waals surface area contributed by atoms with E-state index in [-0.39, 0.29) is 0 Å². The minimum absolute atomic E-state index is 0.890. The van der Waals surface area contributed by atoms with E-state index in [0.717, 1.165) is 61.8 Å². The molecule has 0 saturated heterocycles. The van der Waals surface area contributed by atoms with Gasteiger partial charge in [0.1, 0.15) is 11.2 Å². The largest absolute Gasteiger partial charge is 0.456 e. The van der Waals surface area contributed by atoms with Gasteiger partial charge in [-0.15, -0.1) is 0 Å². The summed E-state index contributed by atoms with van der Waals surface area (Å²) in [7, 11) is 0. The van der Waals surface area contributed by atoms with Crippen molar-refractivity contribution in [3.05, 3.63) is 217 Å². The number of furan rings is 1. The van der Waals surface area contributed by atoms with Gasteiger partial charge in [0.05, 0.1) is 22.7 Å². The standard InChI is InChI=1S/C60H40N2O/c1-37-32-53(61(44-19-7-4-8-20-44)45-27-26-39-14-9-10-17-42(39)34-45)50-30-28-48-38(2)33-54(51-31-29-47(37)59(50)60(48)51)62(52-22-12-11-21-49(52)40-15-5-3-6-16-40)46-35-43-25-24-41-18-13-23-55-57(41)58(43)56(36-46)63-55/h3-36H,1-2H3. The highest BCUT2D eigenvalue weighted by Crippen LogP contribution is 2.51. The van der Waals surface area contributed by atoms with Crippen LogP contribution in [0.3, 0.4) is 0 Å². The first-order chi connectivity index (χ1) is 31.1. The lowest BCUT2D eigenvalue weighted by Gasteiger charge is -2.31. The number of para-hydroxylation sites is 2. The van der Waals surface area contributed by atoms with E-state index in [1.807, 2.05) is 0 Å². The van der Waals surface area contributed by atoms with Gasteiger partial charge in [-0.1, -0.05) is 146 Å². The van der Waals surface area contributed by atoms with Gasteiger partial charge in [-0.2, -0.15) is 0 Å². The second-order valence-corrected chi connectivity index (χ2v) is 17.0. The van der Waals surface area contributed by atoms with Crippen molar-refractivity contribution in [3.8, 4) is 11.1 Å². The third-order valence-corrected chi connectivity index (χ3v) is 13.3. The monoisotopic (exact) mass is 804 g/mol. The lowest BCUT2D eigenvalue weighted by Crippen LogP contribution is -2.13. The first-order valence-electron chi connectivity index (χ1n) is 21.7. The number of fused-ring (bicyclic) bond motifs is 1. The number of nitrogens with zero attached hydrogens (tertiary/aromatic N) is 2. The summed E-state index contributed by atoms with van der Waals surface area (Å²) in [6, 6.07) is 75.4. The molecule has 0 spiro atoms. The fourth-order valence-electron chi connectivity index (χ4n) is 10.5. The first-order valence-corrected chi connectivity index (χ1v) is 21.7. The first kappa shape index (κ1) is 35.6. The lowest BCUT2D eigenvalue weighted by atomic mass is 9.88. The van der Waals surface area contributed by atoms with Crippen molar-refractivity contribution in [3.63, 3.8) is 0 Å². The highest BCUT2D eigenvalue weighted by molar-refractivity contribution is 6.30. The maximum Gasteiger partial charge on any atom is 0.138 e. The summed E-state index contributed by atoms with van der Waals surface area (Å²) in [5.74, 6) is 0. The van der Waals surface area contributed by atoms with Crippen LogP contribution in [-0.4, -0.2) is 0 Å². The van der Waals surface area contributed by atoms with E-state index >= 15 is 0 Å². The Balaban J connectivity index is 1.11. The van der Waals surface area contributed by atoms with Crippen molar-refractivity contribution >= 4 is 110 Å². The van der Waals surface area contributed by atoms with Crippen LogP contribution in [0.15, 0.2) is 211 Å². The van der Waals surface area contributed by atoms with E-state index in [2.05, 4.69) is 230 Å². The fourth-order valence-corrected chi connectivity index (χ4v) is 10.5. The Hall–Kier alpha value is -8.14. The molecule has 0 saturated carbocycles. The molecule has 3 heteroatoms. The molecule has 3 nitrogen and oxygen atoms in total. The van der Waals surface area contributed by atoms with Crippen molar-refractivity contribution in [1.82, 2.24) is 0 Å². The summed E-state index contributed by atoms with van der Waals surface area (Å²) in [5.41, 5.74) is 13.3. The van der Waals surface area contributed by atoms with Gasteiger partial charge in [0, 0.05) is 44.5 Å². The molecule has 0 fully saturated rings. The molecule has 0 aliphatic heterocycles. The van der Waals surface area contributed by atoms with Crippen LogP contribution in [0.1, 0.15) is 11.1 Å². The summed E-state index contributed by atoms with van der Waals surface area (Å²) >= 11 is 0. The zero-order valence-corrected chi connectivity index (χ0v) is 34.9. The molecule has 1 heterocycles. The molecular weight excluding hydrogens is 765 g/mol. The van der Waals surface area contributed by atoms with Gasteiger partial charge in [0.2, 0.25) is 0 Å². The van der Waals surface area contributed by atoms with E-state index in [1.54, 1.807) is 0 Å². The number of hydrogen-bond donors (Lipinski definition) is 0. The number of hydrogen-bond acceptors (Lipinski definition) is 3. The molecule has 1 aromatic heterocycles. The van der Waals surface area contributed by atoms with Crippen molar-refractivity contribution < 1.29 is 4.42 Å². The van der Waals surface area contributed by atoms with Crippen molar-refractivity contribution in [2.75, 3.05) is 9.80 Å². The minimum Gasteiger partial charge on any atom is -0.456 e. The van der Waals surface area contributed by atoms with Crippen LogP contribution in [0.25, 0.3) is 86.9 Å². The van der Waals surface area contributed by atoms with Crippen molar-refractivity contribution in [1.29, 1.82) is 0 Å². The Morgan fingerprint density at radius 2 is 0.889 bits per heavy atom. The van der Waals surface area contributed by atoms with E-state index in [1.165, 1.54) is 70.4 Å². The van der Waals surface area contributed by atoms with Crippen LogP contribution in [0.4, 0.5) is 34.1 Å². The summed E-state index contributed by atoms with van der Waals surface area (Å²) in [6.07, 6.45) is 0. The molecule has 296 valence electrons. The van der Waals surface area contributed by atoms with Crippen molar-refractivity contribution in [2.45, 2.75) is 13.8 Å². The average molecular weight is 805 g/mol. The predicted molar refractivity (Wildman–Crippen MR) is 268 cm³/mol. The van der Waals surface area contributed by atoms with Gasteiger partial charge >= 0.3 is 0 Å². The molecular formula is C60H40N2O. The Morgan fingerprint density at radius 1 is 0.317 bits per heavy atom. The number of anilines is 6. The fraction of sp³-hybridized carbons (Fsp3) is 0.0333. The van der Waals surface area contributed by atoms with Crippen LogP contribution in [-0.2, 0) is 0 Å². The number of rotatable bonds is 7. The highest BCUT2D eigenvalue weighted by atomic mass is 16.3. The molecule has 0 unspecified atom stereocenters. The molecule has 63 heavy (non-hydrogen) atoms. The normalized spacial score (nSPS) is 12.0. The van der Waals surface area contributed by atoms with E-state index in [9.17, 15) is 0 Å². The zero-order chi connectivity index (χ0) is 41.8. The predicted octanol–water partition coefficient (Wildman–Crippen LogP) is 17.5. The van der Waals surface area contributed by atoms with Crippen LogP contribution >= 0.6 is 0 Å². The number of aryl methyl sites for hydroxylation is 2. The Kier molecular flexibility index (Phi) is 7.73. The second kappa shape index (κ2) is 13.7. The van der Waals surface area contributed by atoms with Gasteiger partial charge < -0.3 is 14.2 Å². The minimum atomic E-state index is 0.890. The second-order valence-electron chi connectivity index (χ2n) is 17.0. The Labute approximate surface area is 364 Å². The third-order valence-electron chi connectivity index (χ3n) is 13.3. The van der Waals surface area contributed by atoms with Crippen LogP contribution in [0.2, 0.25) is 0 Å². The lowest BCUT2D eigenvalue weighted by molar-refractivity contribution is 0.669.